The van der Waals surface area contributed by atoms with Crippen molar-refractivity contribution in [2.75, 3.05) is 13.1 Å². The summed E-state index contributed by atoms with van der Waals surface area (Å²) in [6.45, 7) is 4.04. The summed E-state index contributed by atoms with van der Waals surface area (Å²) >= 11 is 5.94. The van der Waals surface area contributed by atoms with E-state index in [1.165, 1.54) is 11.1 Å². The van der Waals surface area contributed by atoms with Crippen molar-refractivity contribution >= 4 is 11.6 Å². The van der Waals surface area contributed by atoms with Crippen LogP contribution in [0.2, 0.25) is 5.02 Å². The minimum atomic E-state index is 0.553. The Labute approximate surface area is 148 Å². The Hall–Kier alpha value is -1.86. The maximum absolute atomic E-state index is 8.96. The lowest BCUT2D eigenvalue weighted by molar-refractivity contribution is 0.190. The van der Waals surface area contributed by atoms with Gasteiger partial charge in [-0.3, -0.25) is 4.90 Å². The summed E-state index contributed by atoms with van der Waals surface area (Å²) in [7, 11) is 0. The van der Waals surface area contributed by atoms with Crippen LogP contribution in [-0.4, -0.2) is 24.0 Å². The van der Waals surface area contributed by atoms with Gasteiger partial charge in [-0.05, 0) is 61.3 Å². The molecule has 3 rings (SSSR count). The molecule has 124 valence electrons. The first-order chi connectivity index (χ1) is 11.7. The van der Waals surface area contributed by atoms with Gasteiger partial charge in [-0.15, -0.1) is 0 Å². The fraction of sp³-hybridized carbons (Fsp3) is 0.350. The van der Waals surface area contributed by atoms with Crippen molar-refractivity contribution in [1.29, 1.82) is 5.26 Å². The maximum Gasteiger partial charge on any atom is 0.0991 e. The number of benzene rings is 2. The molecular weight excluding hydrogens is 318 g/mol. The standard InChI is InChI=1S/C20H22ClN3/c21-19-6-4-16(5-7-19)15-24-10-8-20(9-11-24)23-14-18-3-1-2-17(12-18)13-22/h1-7,12,20,23H,8-11,14-15H2. The summed E-state index contributed by atoms with van der Waals surface area (Å²) in [5.74, 6) is 0. The van der Waals surface area contributed by atoms with Crippen LogP contribution >= 0.6 is 11.6 Å². The van der Waals surface area contributed by atoms with Crippen LogP contribution in [-0.2, 0) is 13.1 Å². The van der Waals surface area contributed by atoms with E-state index in [-0.39, 0.29) is 0 Å². The number of nitriles is 1. The monoisotopic (exact) mass is 339 g/mol. The van der Waals surface area contributed by atoms with Crippen LogP contribution in [0.3, 0.4) is 0 Å². The SMILES string of the molecule is N#Cc1cccc(CNC2CCN(Cc3ccc(Cl)cc3)CC2)c1. The Kier molecular flexibility index (Phi) is 5.87. The van der Waals surface area contributed by atoms with Crippen molar-refractivity contribution in [2.24, 2.45) is 0 Å². The molecule has 1 N–H and O–H groups in total. The first-order valence-electron chi connectivity index (χ1n) is 8.42. The smallest absolute Gasteiger partial charge is 0.0991 e. The number of piperidine rings is 1. The van der Waals surface area contributed by atoms with Crippen LogP contribution in [0.5, 0.6) is 0 Å². The molecule has 0 saturated carbocycles. The third-order valence-corrected chi connectivity index (χ3v) is 4.81. The van der Waals surface area contributed by atoms with Crippen molar-refractivity contribution in [3.05, 3.63) is 70.2 Å². The van der Waals surface area contributed by atoms with Crippen molar-refractivity contribution in [3.8, 4) is 6.07 Å². The van der Waals surface area contributed by atoms with E-state index in [4.69, 9.17) is 16.9 Å². The van der Waals surface area contributed by atoms with Crippen LogP contribution in [0.4, 0.5) is 0 Å². The van der Waals surface area contributed by atoms with Crippen molar-refractivity contribution in [1.82, 2.24) is 10.2 Å². The summed E-state index contributed by atoms with van der Waals surface area (Å²) < 4.78 is 0. The van der Waals surface area contributed by atoms with Gasteiger partial charge >= 0.3 is 0 Å². The number of likely N-dealkylation sites (tertiary alicyclic amines) is 1. The molecule has 1 fully saturated rings. The second-order valence-corrected chi connectivity index (χ2v) is 6.81. The lowest BCUT2D eigenvalue weighted by atomic mass is 10.0. The number of nitrogens with one attached hydrogen (secondary N) is 1. The highest BCUT2D eigenvalue weighted by Crippen LogP contribution is 2.16. The molecule has 0 unspecified atom stereocenters. The molecule has 0 radical (unpaired) electrons. The van der Waals surface area contributed by atoms with Gasteiger partial charge in [-0.25, -0.2) is 0 Å². The molecule has 24 heavy (non-hydrogen) atoms. The van der Waals surface area contributed by atoms with Gasteiger partial charge in [-0.2, -0.15) is 5.26 Å². The third kappa shape index (κ3) is 4.82. The van der Waals surface area contributed by atoms with E-state index in [1.807, 2.05) is 30.3 Å². The van der Waals surface area contributed by atoms with Gasteiger partial charge in [0.05, 0.1) is 11.6 Å². The van der Waals surface area contributed by atoms with Crippen LogP contribution < -0.4 is 5.32 Å². The average Bonchev–Trinajstić information content (AvgIpc) is 2.63. The summed E-state index contributed by atoms with van der Waals surface area (Å²) in [5, 5.41) is 13.4. The topological polar surface area (TPSA) is 39.1 Å². The Bertz CT molecular complexity index is 698. The molecule has 0 atom stereocenters. The molecular formula is C20H22ClN3. The predicted molar refractivity (Wildman–Crippen MR) is 97.7 cm³/mol. The van der Waals surface area contributed by atoms with E-state index < -0.39 is 0 Å². The number of nitrogens with zero attached hydrogens (tertiary/aromatic N) is 2. The molecule has 2 aromatic carbocycles. The molecule has 4 heteroatoms. The second-order valence-electron chi connectivity index (χ2n) is 6.37. The van der Waals surface area contributed by atoms with E-state index >= 15 is 0 Å². The van der Waals surface area contributed by atoms with Crippen molar-refractivity contribution < 1.29 is 0 Å². The average molecular weight is 340 g/mol. The second kappa shape index (κ2) is 8.30. The molecule has 3 nitrogen and oxygen atoms in total. The highest BCUT2D eigenvalue weighted by atomic mass is 35.5. The maximum atomic E-state index is 8.96. The Morgan fingerprint density at radius 3 is 2.54 bits per heavy atom. The lowest BCUT2D eigenvalue weighted by Gasteiger charge is -2.32. The molecule has 2 aromatic rings. The number of hydrogen-bond donors (Lipinski definition) is 1. The zero-order valence-electron chi connectivity index (χ0n) is 13.7. The van der Waals surface area contributed by atoms with E-state index in [1.54, 1.807) is 0 Å². The van der Waals surface area contributed by atoms with E-state index in [9.17, 15) is 0 Å². The molecule has 1 saturated heterocycles. The molecule has 0 aromatic heterocycles. The normalized spacial score (nSPS) is 16.0. The fourth-order valence-electron chi connectivity index (χ4n) is 3.16. The largest absolute Gasteiger partial charge is 0.310 e. The minimum absolute atomic E-state index is 0.553. The van der Waals surface area contributed by atoms with E-state index in [0.717, 1.165) is 49.6 Å². The predicted octanol–water partition coefficient (Wildman–Crippen LogP) is 3.97. The van der Waals surface area contributed by atoms with Crippen molar-refractivity contribution in [2.45, 2.75) is 32.0 Å². The van der Waals surface area contributed by atoms with Gasteiger partial charge in [0, 0.05) is 24.2 Å². The molecule has 0 aliphatic carbocycles. The molecule has 0 spiro atoms. The lowest BCUT2D eigenvalue weighted by Crippen LogP contribution is -2.41. The third-order valence-electron chi connectivity index (χ3n) is 4.56. The molecule has 0 bridgehead atoms. The van der Waals surface area contributed by atoms with E-state index in [0.29, 0.717) is 6.04 Å². The van der Waals surface area contributed by atoms with Crippen LogP contribution in [0, 0.1) is 11.3 Å². The van der Waals surface area contributed by atoms with Crippen LogP contribution in [0.25, 0.3) is 0 Å². The Balaban J connectivity index is 1.43. The van der Waals surface area contributed by atoms with Gasteiger partial charge in [0.25, 0.3) is 0 Å². The van der Waals surface area contributed by atoms with Gasteiger partial charge in [0.1, 0.15) is 0 Å². The molecule has 1 heterocycles. The Morgan fingerprint density at radius 1 is 1.08 bits per heavy atom. The number of rotatable bonds is 5. The summed E-state index contributed by atoms with van der Waals surface area (Å²) in [6, 6.07) is 18.7. The zero-order chi connectivity index (χ0) is 16.8. The number of halogens is 1. The fourth-order valence-corrected chi connectivity index (χ4v) is 3.28. The summed E-state index contributed by atoms with van der Waals surface area (Å²) in [4.78, 5) is 2.50. The van der Waals surface area contributed by atoms with E-state index in [2.05, 4.69) is 34.5 Å². The van der Waals surface area contributed by atoms with Gasteiger partial charge in [0.2, 0.25) is 0 Å². The van der Waals surface area contributed by atoms with Gasteiger partial charge in [-0.1, -0.05) is 35.9 Å². The summed E-state index contributed by atoms with van der Waals surface area (Å²) in [6.07, 6.45) is 2.32. The molecule has 1 aliphatic heterocycles. The minimum Gasteiger partial charge on any atom is -0.310 e. The highest BCUT2D eigenvalue weighted by Gasteiger charge is 2.18. The Morgan fingerprint density at radius 2 is 1.83 bits per heavy atom. The first kappa shape index (κ1) is 17.0. The van der Waals surface area contributed by atoms with Crippen molar-refractivity contribution in [3.63, 3.8) is 0 Å². The van der Waals surface area contributed by atoms with Gasteiger partial charge in [0.15, 0.2) is 0 Å². The van der Waals surface area contributed by atoms with Crippen LogP contribution in [0.15, 0.2) is 48.5 Å². The molecule has 0 amide bonds. The summed E-state index contributed by atoms with van der Waals surface area (Å²) in [5.41, 5.74) is 3.23. The quantitative estimate of drug-likeness (QED) is 0.896. The first-order valence-corrected chi connectivity index (χ1v) is 8.80. The van der Waals surface area contributed by atoms with Crippen LogP contribution in [0.1, 0.15) is 29.5 Å². The zero-order valence-corrected chi connectivity index (χ0v) is 14.5. The highest BCUT2D eigenvalue weighted by molar-refractivity contribution is 6.30. The number of hydrogen-bond acceptors (Lipinski definition) is 3. The van der Waals surface area contributed by atoms with Gasteiger partial charge < -0.3 is 5.32 Å². The molecule has 1 aliphatic rings.